The normalized spacial score (nSPS) is 10.7. The van der Waals surface area contributed by atoms with E-state index in [1.54, 1.807) is 37.5 Å². The Morgan fingerprint density at radius 3 is 2.32 bits per heavy atom. The third-order valence-electron chi connectivity index (χ3n) is 2.96. The van der Waals surface area contributed by atoms with E-state index in [1.807, 2.05) is 0 Å². The van der Waals surface area contributed by atoms with E-state index in [4.69, 9.17) is 25.8 Å². The van der Waals surface area contributed by atoms with E-state index in [0.717, 1.165) is 5.56 Å². The molecule has 0 saturated carbocycles. The van der Waals surface area contributed by atoms with Crippen LogP contribution in [-0.4, -0.2) is 27.1 Å². The standard InChI is InChI=1S/C16H15ClO4S/c1-19-12-7-5-10(15(20-2)16(12)21-3)4-6-11(18)13-8-9-14(17)22-13/h4-9H,1-3H3/b6-4+. The Balaban J connectivity index is 2.32. The van der Waals surface area contributed by atoms with Crippen LogP contribution in [-0.2, 0) is 0 Å². The first-order chi connectivity index (χ1) is 10.6. The first kappa shape index (κ1) is 16.4. The molecule has 0 atom stereocenters. The molecular weight excluding hydrogens is 324 g/mol. The van der Waals surface area contributed by atoms with Crippen molar-refractivity contribution >= 4 is 34.8 Å². The van der Waals surface area contributed by atoms with Gasteiger partial charge in [0.25, 0.3) is 0 Å². The Hall–Kier alpha value is -1.98. The summed E-state index contributed by atoms with van der Waals surface area (Å²) in [5.41, 5.74) is 0.719. The molecule has 22 heavy (non-hydrogen) atoms. The van der Waals surface area contributed by atoms with Crippen molar-refractivity contribution in [2.24, 2.45) is 0 Å². The number of carbonyl (C=O) groups excluding carboxylic acids is 1. The fourth-order valence-corrected chi connectivity index (χ4v) is 2.91. The fraction of sp³-hybridized carbons (Fsp3) is 0.188. The predicted molar refractivity (Wildman–Crippen MR) is 88.8 cm³/mol. The lowest BCUT2D eigenvalue weighted by Crippen LogP contribution is -1.97. The molecule has 1 heterocycles. The number of allylic oxidation sites excluding steroid dienone is 1. The monoisotopic (exact) mass is 338 g/mol. The van der Waals surface area contributed by atoms with Gasteiger partial charge < -0.3 is 14.2 Å². The first-order valence-corrected chi connectivity index (χ1v) is 7.56. The summed E-state index contributed by atoms with van der Waals surface area (Å²) >= 11 is 7.08. The van der Waals surface area contributed by atoms with Gasteiger partial charge in [-0.05, 0) is 36.4 Å². The molecule has 4 nitrogen and oxygen atoms in total. The first-order valence-electron chi connectivity index (χ1n) is 6.37. The Labute approximate surface area is 137 Å². The van der Waals surface area contributed by atoms with Gasteiger partial charge in [-0.2, -0.15) is 0 Å². The van der Waals surface area contributed by atoms with Gasteiger partial charge in [0.2, 0.25) is 5.75 Å². The molecule has 0 aliphatic rings. The molecule has 0 unspecified atom stereocenters. The molecule has 1 aromatic heterocycles. The smallest absolute Gasteiger partial charge is 0.203 e. The number of hydrogen-bond acceptors (Lipinski definition) is 5. The molecule has 6 heteroatoms. The summed E-state index contributed by atoms with van der Waals surface area (Å²) in [7, 11) is 4.62. The van der Waals surface area contributed by atoms with E-state index >= 15 is 0 Å². The summed E-state index contributed by atoms with van der Waals surface area (Å²) in [6.07, 6.45) is 3.16. The van der Waals surface area contributed by atoms with Crippen LogP contribution in [0.25, 0.3) is 6.08 Å². The Morgan fingerprint density at radius 2 is 1.77 bits per heavy atom. The number of carbonyl (C=O) groups is 1. The van der Waals surface area contributed by atoms with Crippen LogP contribution >= 0.6 is 22.9 Å². The van der Waals surface area contributed by atoms with Crippen molar-refractivity contribution in [2.75, 3.05) is 21.3 Å². The van der Waals surface area contributed by atoms with Crippen LogP contribution in [0.3, 0.4) is 0 Å². The van der Waals surface area contributed by atoms with Gasteiger partial charge in [-0.1, -0.05) is 11.6 Å². The maximum absolute atomic E-state index is 12.1. The molecule has 0 aliphatic carbocycles. The molecular formula is C16H15ClO4S. The molecule has 0 spiro atoms. The van der Waals surface area contributed by atoms with Crippen LogP contribution in [0.15, 0.2) is 30.3 Å². The van der Waals surface area contributed by atoms with E-state index in [2.05, 4.69) is 0 Å². The number of ketones is 1. The van der Waals surface area contributed by atoms with Crippen molar-refractivity contribution in [1.82, 2.24) is 0 Å². The minimum atomic E-state index is -0.117. The van der Waals surface area contributed by atoms with Gasteiger partial charge in [0.05, 0.1) is 30.5 Å². The lowest BCUT2D eigenvalue weighted by molar-refractivity contribution is 0.105. The van der Waals surface area contributed by atoms with Crippen molar-refractivity contribution < 1.29 is 19.0 Å². The van der Waals surface area contributed by atoms with Crippen LogP contribution < -0.4 is 14.2 Å². The highest BCUT2D eigenvalue weighted by Crippen LogP contribution is 2.40. The highest BCUT2D eigenvalue weighted by atomic mass is 35.5. The highest BCUT2D eigenvalue weighted by Gasteiger charge is 2.14. The molecule has 0 aliphatic heterocycles. The number of benzene rings is 1. The quantitative estimate of drug-likeness (QED) is 0.581. The van der Waals surface area contributed by atoms with Gasteiger partial charge >= 0.3 is 0 Å². The average molecular weight is 339 g/mol. The van der Waals surface area contributed by atoms with E-state index in [-0.39, 0.29) is 5.78 Å². The lowest BCUT2D eigenvalue weighted by Gasteiger charge is -2.13. The maximum atomic E-state index is 12.1. The van der Waals surface area contributed by atoms with Gasteiger partial charge in [-0.25, -0.2) is 0 Å². The van der Waals surface area contributed by atoms with Crippen LogP contribution in [0.1, 0.15) is 15.2 Å². The summed E-state index contributed by atoms with van der Waals surface area (Å²) in [6, 6.07) is 6.95. The predicted octanol–water partition coefficient (Wildman–Crippen LogP) is 4.32. The average Bonchev–Trinajstić information content (AvgIpc) is 2.97. The zero-order valence-corrected chi connectivity index (χ0v) is 14.0. The van der Waals surface area contributed by atoms with E-state index in [1.165, 1.54) is 31.6 Å². The van der Waals surface area contributed by atoms with E-state index < -0.39 is 0 Å². The molecule has 0 bridgehead atoms. The van der Waals surface area contributed by atoms with E-state index in [0.29, 0.717) is 26.5 Å². The van der Waals surface area contributed by atoms with Crippen LogP contribution in [0, 0.1) is 0 Å². The zero-order valence-electron chi connectivity index (χ0n) is 12.4. The minimum absolute atomic E-state index is 0.117. The minimum Gasteiger partial charge on any atom is -0.493 e. The highest BCUT2D eigenvalue weighted by molar-refractivity contribution is 7.18. The molecule has 2 rings (SSSR count). The number of hydrogen-bond donors (Lipinski definition) is 0. The van der Waals surface area contributed by atoms with Crippen molar-refractivity contribution in [1.29, 1.82) is 0 Å². The molecule has 2 aromatic rings. The number of ether oxygens (including phenoxy) is 3. The van der Waals surface area contributed by atoms with E-state index in [9.17, 15) is 4.79 Å². The molecule has 0 N–H and O–H groups in total. The Morgan fingerprint density at radius 1 is 1.05 bits per heavy atom. The summed E-state index contributed by atoms with van der Waals surface area (Å²) in [6.45, 7) is 0. The van der Waals surface area contributed by atoms with Gasteiger partial charge in [-0.15, -0.1) is 11.3 Å². The largest absolute Gasteiger partial charge is 0.493 e. The molecule has 0 saturated heterocycles. The SMILES string of the molecule is COc1ccc(/C=C/C(=O)c2ccc(Cl)s2)c(OC)c1OC. The summed E-state index contributed by atoms with van der Waals surface area (Å²) in [5.74, 6) is 1.44. The number of methoxy groups -OCH3 is 3. The molecule has 0 radical (unpaired) electrons. The zero-order chi connectivity index (χ0) is 16.1. The molecule has 1 aromatic carbocycles. The van der Waals surface area contributed by atoms with Gasteiger partial charge in [0.15, 0.2) is 17.3 Å². The molecule has 0 amide bonds. The van der Waals surface area contributed by atoms with Crippen LogP contribution in [0.5, 0.6) is 17.2 Å². The second-order valence-corrected chi connectivity index (χ2v) is 5.94. The van der Waals surface area contributed by atoms with Crippen LogP contribution in [0.4, 0.5) is 0 Å². The topological polar surface area (TPSA) is 44.8 Å². The lowest BCUT2D eigenvalue weighted by atomic mass is 10.1. The second kappa shape index (κ2) is 7.33. The number of halogens is 1. The van der Waals surface area contributed by atoms with Crippen molar-refractivity contribution in [3.05, 3.63) is 45.1 Å². The summed E-state index contributed by atoms with van der Waals surface area (Å²) in [4.78, 5) is 12.7. The van der Waals surface area contributed by atoms with Crippen molar-refractivity contribution in [3.8, 4) is 17.2 Å². The van der Waals surface area contributed by atoms with Crippen molar-refractivity contribution in [3.63, 3.8) is 0 Å². The fourth-order valence-electron chi connectivity index (χ4n) is 1.95. The second-order valence-electron chi connectivity index (χ2n) is 4.22. The third-order valence-corrected chi connectivity index (χ3v) is 4.21. The molecule has 0 fully saturated rings. The Kier molecular flexibility index (Phi) is 5.46. The third kappa shape index (κ3) is 3.43. The van der Waals surface area contributed by atoms with Gasteiger partial charge in [0, 0.05) is 5.56 Å². The van der Waals surface area contributed by atoms with Gasteiger partial charge in [-0.3, -0.25) is 4.79 Å². The number of thiophene rings is 1. The van der Waals surface area contributed by atoms with Gasteiger partial charge in [0.1, 0.15) is 0 Å². The summed E-state index contributed by atoms with van der Waals surface area (Å²) in [5, 5.41) is 0. The Bertz CT molecular complexity index is 706. The summed E-state index contributed by atoms with van der Waals surface area (Å²) < 4.78 is 16.5. The molecule has 116 valence electrons. The maximum Gasteiger partial charge on any atom is 0.203 e. The van der Waals surface area contributed by atoms with Crippen LogP contribution in [0.2, 0.25) is 4.34 Å². The van der Waals surface area contributed by atoms with Crippen molar-refractivity contribution in [2.45, 2.75) is 0 Å². The number of rotatable bonds is 6.